The van der Waals surface area contributed by atoms with Gasteiger partial charge in [0.1, 0.15) is 0 Å². The van der Waals surface area contributed by atoms with Crippen LogP contribution in [0.1, 0.15) is 12.5 Å². The normalized spacial score (nSPS) is 12.1. The molecular formula is C13H21N3O2. The molecule has 1 aromatic heterocycles. The van der Waals surface area contributed by atoms with Crippen molar-refractivity contribution < 1.29 is 9.53 Å². The summed E-state index contributed by atoms with van der Waals surface area (Å²) in [4.78, 5) is 15.7. The van der Waals surface area contributed by atoms with E-state index in [0.717, 1.165) is 18.5 Å². The second-order valence-corrected chi connectivity index (χ2v) is 4.07. The molecule has 2 N–H and O–H groups in total. The average Bonchev–Trinajstić information content (AvgIpc) is 2.40. The van der Waals surface area contributed by atoms with Gasteiger partial charge in [0.2, 0.25) is 5.91 Å². The molecule has 0 aliphatic carbocycles. The number of pyridine rings is 1. The summed E-state index contributed by atoms with van der Waals surface area (Å²) in [6.07, 6.45) is 4.46. The highest BCUT2D eigenvalue weighted by Crippen LogP contribution is 1.95. The summed E-state index contributed by atoms with van der Waals surface area (Å²) in [5.74, 6) is -0.00163. The smallest absolute Gasteiger partial charge is 0.236 e. The molecule has 0 saturated heterocycles. The van der Waals surface area contributed by atoms with Crippen LogP contribution in [-0.2, 0) is 16.0 Å². The predicted molar refractivity (Wildman–Crippen MR) is 70.3 cm³/mol. The van der Waals surface area contributed by atoms with Gasteiger partial charge in [-0.2, -0.15) is 0 Å². The van der Waals surface area contributed by atoms with Crippen molar-refractivity contribution in [1.82, 2.24) is 15.6 Å². The van der Waals surface area contributed by atoms with Crippen LogP contribution in [-0.4, -0.2) is 43.7 Å². The molecule has 0 aliphatic heterocycles. The van der Waals surface area contributed by atoms with E-state index in [1.54, 1.807) is 13.3 Å². The molecule has 0 aromatic carbocycles. The largest absolute Gasteiger partial charge is 0.383 e. The van der Waals surface area contributed by atoms with E-state index < -0.39 is 0 Å². The van der Waals surface area contributed by atoms with Gasteiger partial charge in [-0.25, -0.2) is 0 Å². The number of ether oxygens (including phenoxy) is 1. The van der Waals surface area contributed by atoms with Crippen LogP contribution in [0.15, 0.2) is 24.5 Å². The van der Waals surface area contributed by atoms with E-state index in [1.807, 2.05) is 25.3 Å². The molecule has 18 heavy (non-hydrogen) atoms. The summed E-state index contributed by atoms with van der Waals surface area (Å²) in [5.41, 5.74) is 1.16. The Hall–Kier alpha value is -1.46. The van der Waals surface area contributed by atoms with E-state index >= 15 is 0 Å². The molecule has 1 amide bonds. The van der Waals surface area contributed by atoms with Gasteiger partial charge in [0.25, 0.3) is 0 Å². The van der Waals surface area contributed by atoms with Gasteiger partial charge >= 0.3 is 0 Å². The molecule has 0 spiro atoms. The minimum Gasteiger partial charge on any atom is -0.383 e. The predicted octanol–water partition coefficient (Wildman–Crippen LogP) is 0.365. The second kappa shape index (κ2) is 8.60. The van der Waals surface area contributed by atoms with Crippen LogP contribution in [0.5, 0.6) is 0 Å². The Bertz CT molecular complexity index is 343. The fraction of sp³-hybridized carbons (Fsp3) is 0.538. The number of nitrogens with zero attached hydrogens (tertiary/aromatic N) is 1. The molecule has 0 aliphatic rings. The fourth-order valence-electron chi connectivity index (χ4n) is 1.50. The third kappa shape index (κ3) is 5.75. The summed E-state index contributed by atoms with van der Waals surface area (Å²) in [6, 6.07) is 3.74. The Balaban J connectivity index is 2.16. The number of carbonyl (C=O) groups is 1. The van der Waals surface area contributed by atoms with Crippen LogP contribution < -0.4 is 10.6 Å². The third-order valence-electron chi connectivity index (χ3n) is 2.59. The van der Waals surface area contributed by atoms with Crippen molar-refractivity contribution >= 4 is 5.91 Å². The quantitative estimate of drug-likeness (QED) is 0.655. The highest BCUT2D eigenvalue weighted by atomic mass is 16.5. The molecule has 0 saturated carbocycles. The zero-order valence-electron chi connectivity index (χ0n) is 11.0. The zero-order chi connectivity index (χ0) is 13.2. The number of rotatable bonds is 8. The number of hydrogen-bond acceptors (Lipinski definition) is 4. The molecule has 5 heteroatoms. The molecule has 0 fully saturated rings. The Morgan fingerprint density at radius 3 is 3.00 bits per heavy atom. The topological polar surface area (TPSA) is 63.2 Å². The molecule has 1 aromatic rings. The lowest BCUT2D eigenvalue weighted by molar-refractivity contribution is -0.122. The highest BCUT2D eigenvalue weighted by Gasteiger charge is 2.10. The summed E-state index contributed by atoms with van der Waals surface area (Å²) in [5, 5.41) is 5.97. The molecular weight excluding hydrogens is 230 g/mol. The Labute approximate surface area is 108 Å². The molecule has 1 unspecified atom stereocenters. The van der Waals surface area contributed by atoms with Crippen molar-refractivity contribution in [2.45, 2.75) is 19.4 Å². The van der Waals surface area contributed by atoms with E-state index in [9.17, 15) is 4.79 Å². The number of nitrogens with one attached hydrogen (secondary N) is 2. The molecule has 0 radical (unpaired) electrons. The van der Waals surface area contributed by atoms with E-state index in [1.165, 1.54) is 0 Å². The molecule has 5 nitrogen and oxygen atoms in total. The fourth-order valence-corrected chi connectivity index (χ4v) is 1.50. The minimum atomic E-state index is -0.196. The summed E-state index contributed by atoms with van der Waals surface area (Å²) in [7, 11) is 1.61. The van der Waals surface area contributed by atoms with E-state index in [4.69, 9.17) is 4.74 Å². The maximum absolute atomic E-state index is 11.6. The van der Waals surface area contributed by atoms with Gasteiger partial charge < -0.3 is 15.4 Å². The number of hydrogen-bond donors (Lipinski definition) is 2. The maximum Gasteiger partial charge on any atom is 0.236 e. The lowest BCUT2D eigenvalue weighted by Gasteiger charge is -2.13. The summed E-state index contributed by atoms with van der Waals surface area (Å²) in [6.45, 7) is 3.69. The van der Waals surface area contributed by atoms with Crippen LogP contribution in [0.2, 0.25) is 0 Å². The van der Waals surface area contributed by atoms with E-state index in [0.29, 0.717) is 13.2 Å². The van der Waals surface area contributed by atoms with Crippen molar-refractivity contribution in [3.63, 3.8) is 0 Å². The van der Waals surface area contributed by atoms with Crippen molar-refractivity contribution in [3.8, 4) is 0 Å². The van der Waals surface area contributed by atoms with Gasteiger partial charge in [-0.05, 0) is 31.5 Å². The zero-order valence-corrected chi connectivity index (χ0v) is 11.0. The Morgan fingerprint density at radius 1 is 1.50 bits per heavy atom. The highest BCUT2D eigenvalue weighted by molar-refractivity contribution is 5.81. The first-order valence-corrected chi connectivity index (χ1v) is 6.13. The summed E-state index contributed by atoms with van der Waals surface area (Å²) < 4.78 is 4.87. The van der Waals surface area contributed by atoms with Crippen molar-refractivity contribution in [1.29, 1.82) is 0 Å². The monoisotopic (exact) mass is 251 g/mol. The second-order valence-electron chi connectivity index (χ2n) is 4.07. The van der Waals surface area contributed by atoms with Crippen molar-refractivity contribution in [3.05, 3.63) is 30.1 Å². The minimum absolute atomic E-state index is 0.00163. The first-order valence-electron chi connectivity index (χ1n) is 6.13. The van der Waals surface area contributed by atoms with Crippen LogP contribution in [0.3, 0.4) is 0 Å². The molecule has 0 bridgehead atoms. The standard InChI is InChI=1S/C13H21N3O2/c1-11(13(17)16-8-9-18-2)15-7-5-12-4-3-6-14-10-12/h3-4,6,10-11,15H,5,7-9H2,1-2H3,(H,16,17). The van der Waals surface area contributed by atoms with E-state index in [2.05, 4.69) is 15.6 Å². The first-order chi connectivity index (χ1) is 8.74. The van der Waals surface area contributed by atoms with Gasteiger partial charge in [0, 0.05) is 26.0 Å². The van der Waals surface area contributed by atoms with Gasteiger partial charge in [-0.15, -0.1) is 0 Å². The average molecular weight is 251 g/mol. The van der Waals surface area contributed by atoms with Gasteiger partial charge in [0.15, 0.2) is 0 Å². The number of methoxy groups -OCH3 is 1. The molecule has 1 heterocycles. The van der Waals surface area contributed by atoms with Crippen LogP contribution in [0.4, 0.5) is 0 Å². The Morgan fingerprint density at radius 2 is 2.33 bits per heavy atom. The molecule has 1 atom stereocenters. The number of aromatic nitrogens is 1. The lowest BCUT2D eigenvalue weighted by Crippen LogP contribution is -2.43. The Kier molecular flexibility index (Phi) is 6.98. The van der Waals surface area contributed by atoms with Crippen LogP contribution in [0.25, 0.3) is 0 Å². The van der Waals surface area contributed by atoms with Gasteiger partial charge in [-0.3, -0.25) is 9.78 Å². The number of amides is 1. The van der Waals surface area contributed by atoms with Crippen LogP contribution in [0, 0.1) is 0 Å². The van der Waals surface area contributed by atoms with E-state index in [-0.39, 0.29) is 11.9 Å². The maximum atomic E-state index is 11.6. The van der Waals surface area contributed by atoms with Crippen LogP contribution >= 0.6 is 0 Å². The first kappa shape index (κ1) is 14.6. The van der Waals surface area contributed by atoms with Gasteiger partial charge in [-0.1, -0.05) is 6.07 Å². The number of carbonyl (C=O) groups excluding carboxylic acids is 1. The van der Waals surface area contributed by atoms with Crippen molar-refractivity contribution in [2.75, 3.05) is 26.8 Å². The SMILES string of the molecule is COCCNC(=O)C(C)NCCc1cccnc1. The molecule has 100 valence electrons. The summed E-state index contributed by atoms with van der Waals surface area (Å²) >= 11 is 0. The molecule has 1 rings (SSSR count). The van der Waals surface area contributed by atoms with Crippen molar-refractivity contribution in [2.24, 2.45) is 0 Å². The lowest BCUT2D eigenvalue weighted by atomic mass is 10.2. The third-order valence-corrected chi connectivity index (χ3v) is 2.59. The van der Waals surface area contributed by atoms with Gasteiger partial charge in [0.05, 0.1) is 12.6 Å².